The number of rotatable bonds is 5. The van der Waals surface area contributed by atoms with Crippen LogP contribution in [0.25, 0.3) is 5.57 Å². The Morgan fingerprint density at radius 1 is 1.03 bits per heavy atom. The van der Waals surface area contributed by atoms with Gasteiger partial charge in [0.1, 0.15) is 12.4 Å². The molecule has 0 spiro atoms. The normalized spacial score (nSPS) is 18.3. The fraction of sp³-hybridized carbons (Fsp3) is 0.276. The molecule has 2 heterocycles. The van der Waals surface area contributed by atoms with Gasteiger partial charge in [-0.1, -0.05) is 54.1 Å². The number of carbonyl (C=O) groups is 1. The molecule has 1 fully saturated rings. The fourth-order valence-electron chi connectivity index (χ4n) is 5.02. The van der Waals surface area contributed by atoms with Gasteiger partial charge in [0.2, 0.25) is 0 Å². The molecule has 3 aromatic carbocycles. The topological polar surface area (TPSA) is 70.0 Å². The third-order valence-corrected chi connectivity index (χ3v) is 7.32. The van der Waals surface area contributed by atoms with E-state index < -0.39 is 11.6 Å². The molecule has 180 valence electrons. The molecule has 5 nitrogen and oxygen atoms in total. The summed E-state index contributed by atoms with van der Waals surface area (Å²) in [6, 6.07) is 20.6. The van der Waals surface area contributed by atoms with Crippen molar-refractivity contribution >= 4 is 23.1 Å². The Bertz CT molecular complexity index is 1260. The first-order valence-corrected chi connectivity index (χ1v) is 12.3. The fourth-order valence-corrected chi connectivity index (χ4v) is 5.14. The number of aliphatic hydroxyl groups is 1. The molecule has 0 aromatic heterocycles. The van der Waals surface area contributed by atoms with Gasteiger partial charge in [0, 0.05) is 30.2 Å². The van der Waals surface area contributed by atoms with Crippen molar-refractivity contribution in [2.24, 2.45) is 0 Å². The maximum Gasteiger partial charge on any atom is 0.335 e. The van der Waals surface area contributed by atoms with Crippen LogP contribution in [0.15, 0.2) is 72.8 Å². The number of likely N-dealkylation sites (tertiary alicyclic amines) is 1. The van der Waals surface area contributed by atoms with Crippen molar-refractivity contribution in [3.8, 4) is 5.75 Å². The van der Waals surface area contributed by atoms with Crippen LogP contribution in [0.4, 0.5) is 0 Å². The van der Waals surface area contributed by atoms with E-state index >= 15 is 0 Å². The summed E-state index contributed by atoms with van der Waals surface area (Å²) < 4.78 is 6.03. The van der Waals surface area contributed by atoms with E-state index in [0.717, 1.165) is 53.9 Å². The molecule has 0 aliphatic carbocycles. The van der Waals surface area contributed by atoms with Gasteiger partial charge in [-0.05, 0) is 71.9 Å². The smallest absolute Gasteiger partial charge is 0.335 e. The Labute approximate surface area is 210 Å². The summed E-state index contributed by atoms with van der Waals surface area (Å²) in [6.07, 6.45) is 4.34. The lowest BCUT2D eigenvalue weighted by Gasteiger charge is -2.38. The maximum absolute atomic E-state index is 11.6. The van der Waals surface area contributed by atoms with Crippen LogP contribution in [0.3, 0.4) is 0 Å². The van der Waals surface area contributed by atoms with E-state index in [1.807, 2.05) is 36.4 Å². The highest BCUT2D eigenvalue weighted by Crippen LogP contribution is 2.38. The van der Waals surface area contributed by atoms with Gasteiger partial charge in [0.05, 0.1) is 11.2 Å². The van der Waals surface area contributed by atoms with Crippen molar-refractivity contribution in [1.82, 2.24) is 4.90 Å². The number of ether oxygens (including phenoxy) is 1. The minimum atomic E-state index is -0.953. The molecule has 6 heteroatoms. The number of benzene rings is 3. The lowest BCUT2D eigenvalue weighted by molar-refractivity contribution is -0.0254. The number of fused-ring (bicyclic) bond motifs is 2. The van der Waals surface area contributed by atoms with Gasteiger partial charge in [0.15, 0.2) is 0 Å². The standard InChI is InChI=1S/C29H28ClNO4/c30-23-10-8-22(9-11-23)29(34)13-16-31(17-14-29)15-3-6-25-24-5-2-1-4-21(24)19-35-27-12-7-20(28(32)33)18-26(25)27/h1-2,4-12,18,34H,3,13-17,19H2,(H,32,33)/b25-6-. The van der Waals surface area contributed by atoms with E-state index in [0.29, 0.717) is 30.2 Å². The first kappa shape index (κ1) is 23.6. The predicted octanol–water partition coefficient (Wildman–Crippen LogP) is 5.74. The molecule has 0 bridgehead atoms. The molecular formula is C29H28ClNO4. The first-order valence-electron chi connectivity index (χ1n) is 11.9. The third kappa shape index (κ3) is 4.98. The molecule has 5 rings (SSSR count). The van der Waals surface area contributed by atoms with Crippen LogP contribution in [-0.2, 0) is 12.2 Å². The second kappa shape index (κ2) is 9.86. The van der Waals surface area contributed by atoms with Crippen LogP contribution < -0.4 is 4.74 Å². The Morgan fingerprint density at radius 2 is 1.77 bits per heavy atom. The summed E-state index contributed by atoms with van der Waals surface area (Å²) in [5.74, 6) is -0.255. The quantitative estimate of drug-likeness (QED) is 0.478. The molecule has 2 aliphatic heterocycles. The van der Waals surface area contributed by atoms with Crippen LogP contribution in [-0.4, -0.2) is 40.7 Å². The van der Waals surface area contributed by atoms with E-state index in [4.69, 9.17) is 16.3 Å². The molecule has 0 saturated carbocycles. The second-order valence-corrected chi connectivity index (χ2v) is 9.68. The predicted molar refractivity (Wildman–Crippen MR) is 137 cm³/mol. The summed E-state index contributed by atoms with van der Waals surface area (Å²) in [4.78, 5) is 14.0. The number of carboxylic acids is 1. The van der Waals surface area contributed by atoms with Crippen molar-refractivity contribution in [3.63, 3.8) is 0 Å². The molecule has 2 N–H and O–H groups in total. The van der Waals surface area contributed by atoms with Crippen LogP contribution >= 0.6 is 11.6 Å². The van der Waals surface area contributed by atoms with Crippen molar-refractivity contribution in [1.29, 1.82) is 0 Å². The van der Waals surface area contributed by atoms with Crippen molar-refractivity contribution in [2.75, 3.05) is 19.6 Å². The molecule has 0 unspecified atom stereocenters. The number of nitrogens with zero attached hydrogens (tertiary/aromatic N) is 1. The molecule has 35 heavy (non-hydrogen) atoms. The lowest BCUT2D eigenvalue weighted by atomic mass is 9.84. The molecular weight excluding hydrogens is 462 g/mol. The Hall–Kier alpha value is -3.12. The molecule has 0 atom stereocenters. The van der Waals surface area contributed by atoms with E-state index in [1.54, 1.807) is 18.2 Å². The minimum absolute atomic E-state index is 0.246. The molecule has 0 amide bonds. The van der Waals surface area contributed by atoms with Crippen molar-refractivity contribution < 1.29 is 19.7 Å². The summed E-state index contributed by atoms with van der Waals surface area (Å²) in [7, 11) is 0. The van der Waals surface area contributed by atoms with Crippen LogP contribution in [0.1, 0.15) is 51.9 Å². The van der Waals surface area contributed by atoms with Gasteiger partial charge in [0.25, 0.3) is 0 Å². The monoisotopic (exact) mass is 489 g/mol. The van der Waals surface area contributed by atoms with E-state index in [2.05, 4.69) is 23.1 Å². The molecule has 3 aromatic rings. The third-order valence-electron chi connectivity index (χ3n) is 7.07. The highest BCUT2D eigenvalue weighted by molar-refractivity contribution is 6.30. The van der Waals surface area contributed by atoms with Gasteiger partial charge in [-0.15, -0.1) is 0 Å². The lowest BCUT2D eigenvalue weighted by Crippen LogP contribution is -2.42. The summed E-state index contributed by atoms with van der Waals surface area (Å²) in [6.45, 7) is 2.92. The van der Waals surface area contributed by atoms with E-state index in [-0.39, 0.29) is 5.56 Å². The average Bonchev–Trinajstić information content (AvgIpc) is 3.02. The van der Waals surface area contributed by atoms with Gasteiger partial charge in [-0.25, -0.2) is 4.79 Å². The second-order valence-electron chi connectivity index (χ2n) is 9.25. The number of carboxylic acid groups (broad SMARTS) is 1. The number of halogens is 1. The summed E-state index contributed by atoms with van der Waals surface area (Å²) in [5.41, 5.74) is 4.32. The van der Waals surface area contributed by atoms with E-state index in [9.17, 15) is 15.0 Å². The molecule has 2 aliphatic rings. The Morgan fingerprint density at radius 3 is 2.51 bits per heavy atom. The number of hydrogen-bond donors (Lipinski definition) is 2. The number of hydrogen-bond acceptors (Lipinski definition) is 4. The van der Waals surface area contributed by atoms with Crippen LogP contribution in [0, 0.1) is 0 Å². The zero-order valence-corrected chi connectivity index (χ0v) is 20.2. The van der Waals surface area contributed by atoms with Gasteiger partial charge < -0.3 is 19.8 Å². The Balaban J connectivity index is 1.33. The van der Waals surface area contributed by atoms with Gasteiger partial charge >= 0.3 is 5.97 Å². The van der Waals surface area contributed by atoms with Crippen molar-refractivity contribution in [2.45, 2.75) is 31.5 Å². The zero-order valence-electron chi connectivity index (χ0n) is 19.4. The highest BCUT2D eigenvalue weighted by atomic mass is 35.5. The number of piperidine rings is 1. The molecule has 0 radical (unpaired) electrons. The van der Waals surface area contributed by atoms with Crippen LogP contribution in [0.2, 0.25) is 5.02 Å². The summed E-state index contributed by atoms with van der Waals surface area (Å²) >= 11 is 6.01. The van der Waals surface area contributed by atoms with E-state index in [1.165, 1.54) is 0 Å². The largest absolute Gasteiger partial charge is 0.488 e. The van der Waals surface area contributed by atoms with Gasteiger partial charge in [-0.2, -0.15) is 0 Å². The minimum Gasteiger partial charge on any atom is -0.488 e. The van der Waals surface area contributed by atoms with Gasteiger partial charge in [-0.3, -0.25) is 0 Å². The summed E-state index contributed by atoms with van der Waals surface area (Å²) in [5, 5.41) is 21.4. The maximum atomic E-state index is 11.6. The Kier molecular flexibility index (Phi) is 6.65. The highest BCUT2D eigenvalue weighted by Gasteiger charge is 2.33. The first-order chi connectivity index (χ1) is 16.9. The average molecular weight is 490 g/mol. The SMILES string of the molecule is O=C(O)c1ccc2c(c1)/C(=C\CCN1CCC(O)(c3ccc(Cl)cc3)CC1)c1ccccc1CO2. The van der Waals surface area contributed by atoms with Crippen molar-refractivity contribution in [3.05, 3.63) is 106 Å². The zero-order chi connectivity index (χ0) is 24.4. The molecule has 1 saturated heterocycles. The van der Waals surface area contributed by atoms with Crippen LogP contribution in [0.5, 0.6) is 5.75 Å². The number of aromatic carboxylic acids is 1.